The van der Waals surface area contributed by atoms with Crippen molar-refractivity contribution in [2.75, 3.05) is 19.0 Å². The van der Waals surface area contributed by atoms with E-state index < -0.39 is 68.1 Å². The summed E-state index contributed by atoms with van der Waals surface area (Å²) in [5.74, 6) is -1.74. The smallest absolute Gasteiger partial charge is 0.259 e. The summed E-state index contributed by atoms with van der Waals surface area (Å²) >= 11 is 6.35. The van der Waals surface area contributed by atoms with Crippen LogP contribution in [0.3, 0.4) is 0 Å². The number of aryl methyl sites for hydroxylation is 2. The second-order valence-electron chi connectivity index (χ2n) is 14.7. The molecule has 1 aromatic carbocycles. The van der Waals surface area contributed by atoms with Gasteiger partial charge in [0.1, 0.15) is 29.5 Å². The summed E-state index contributed by atoms with van der Waals surface area (Å²) in [4.78, 5) is 53.0. The lowest BCUT2D eigenvalue weighted by Gasteiger charge is -2.36. The second kappa shape index (κ2) is 13.8. The maximum absolute atomic E-state index is 14.8. The number of hydrogen-bond donors (Lipinski definition) is 3. The minimum Gasteiger partial charge on any atom is -0.494 e. The molecule has 3 N–H and O–H groups in total. The zero-order valence-electron chi connectivity index (χ0n) is 30.9. The van der Waals surface area contributed by atoms with Gasteiger partial charge in [-0.05, 0) is 68.9 Å². The molecular weight excluding hydrogens is 708 g/mol. The highest BCUT2D eigenvalue weighted by Gasteiger charge is 2.62. The van der Waals surface area contributed by atoms with Crippen LogP contribution in [0.1, 0.15) is 59.2 Å². The van der Waals surface area contributed by atoms with E-state index in [1.807, 2.05) is 13.8 Å². The fourth-order valence-corrected chi connectivity index (χ4v) is 8.35. The fourth-order valence-electron chi connectivity index (χ4n) is 6.81. The maximum atomic E-state index is 14.8. The topological polar surface area (TPSA) is 169 Å². The van der Waals surface area contributed by atoms with Crippen molar-refractivity contribution in [3.63, 3.8) is 0 Å². The lowest BCUT2D eigenvalue weighted by molar-refractivity contribution is -0.141. The molecule has 2 aliphatic carbocycles. The Kier molecular flexibility index (Phi) is 9.57. The Morgan fingerprint density at radius 1 is 1.17 bits per heavy atom. The molecule has 15 heteroatoms. The summed E-state index contributed by atoms with van der Waals surface area (Å²) < 4.78 is 47.9. The molecule has 0 spiro atoms. The Bertz CT molecular complexity index is 2060. The summed E-state index contributed by atoms with van der Waals surface area (Å²) in [5.41, 5.74) is -0.351. The number of carbonyl (C=O) groups excluding carboxylic acids is 3. The molecule has 0 unspecified atom stereocenters. The number of anilines is 1. The molecule has 3 aliphatic rings. The number of halogens is 1. The van der Waals surface area contributed by atoms with E-state index in [2.05, 4.69) is 31.9 Å². The Morgan fingerprint density at radius 2 is 1.88 bits per heavy atom. The van der Waals surface area contributed by atoms with Crippen molar-refractivity contribution in [2.24, 2.45) is 11.3 Å². The van der Waals surface area contributed by atoms with Crippen molar-refractivity contribution in [1.29, 1.82) is 0 Å². The number of sulfonamides is 1. The molecule has 6 rings (SSSR count). The first-order chi connectivity index (χ1) is 25.0. The highest BCUT2D eigenvalue weighted by molar-refractivity contribution is 7.91. The predicted octanol–water partition coefficient (Wildman–Crippen LogP) is 4.45. The highest BCUT2D eigenvalue weighted by atomic mass is 35.5. The molecule has 0 bridgehead atoms. The largest absolute Gasteiger partial charge is 0.494 e. The van der Waals surface area contributed by atoms with Crippen LogP contribution in [0.5, 0.6) is 11.6 Å². The monoisotopic (exact) mass is 753 g/mol. The molecule has 278 valence electrons. The molecule has 3 fully saturated rings. The van der Waals surface area contributed by atoms with Gasteiger partial charge in [0, 0.05) is 46.6 Å². The summed E-state index contributed by atoms with van der Waals surface area (Å²) in [6.07, 6.45) is 3.37. The number of amides is 3. The van der Waals surface area contributed by atoms with Crippen LogP contribution in [-0.2, 0) is 24.4 Å². The van der Waals surface area contributed by atoms with Gasteiger partial charge in [-0.3, -0.25) is 24.1 Å². The van der Waals surface area contributed by atoms with Crippen LogP contribution in [0, 0.1) is 25.2 Å². The van der Waals surface area contributed by atoms with Crippen molar-refractivity contribution in [3.8, 4) is 11.6 Å². The molecule has 52 heavy (non-hydrogen) atoms. The molecular formula is C37H45ClN6O7S. The van der Waals surface area contributed by atoms with E-state index in [-0.39, 0.29) is 32.2 Å². The molecule has 13 nitrogen and oxygen atoms in total. The summed E-state index contributed by atoms with van der Waals surface area (Å²) in [5, 5.41) is 7.21. The van der Waals surface area contributed by atoms with E-state index in [4.69, 9.17) is 22.4 Å². The predicted molar refractivity (Wildman–Crippen MR) is 198 cm³/mol. The van der Waals surface area contributed by atoms with Gasteiger partial charge < -0.3 is 25.0 Å². The van der Waals surface area contributed by atoms with Gasteiger partial charge in [0.15, 0.2) is 0 Å². The number of likely N-dealkylation sites (tertiary alicyclic amines) is 1. The van der Waals surface area contributed by atoms with Crippen molar-refractivity contribution in [2.45, 2.75) is 89.3 Å². The van der Waals surface area contributed by atoms with Gasteiger partial charge in [-0.1, -0.05) is 38.4 Å². The number of nitrogens with one attached hydrogen (secondary N) is 3. The molecule has 5 atom stereocenters. The van der Waals surface area contributed by atoms with Gasteiger partial charge in [0.05, 0.1) is 25.1 Å². The molecule has 1 aliphatic heterocycles. The average molecular weight is 754 g/mol. The van der Waals surface area contributed by atoms with Crippen LogP contribution in [-0.4, -0.2) is 83.6 Å². The Morgan fingerprint density at radius 3 is 2.50 bits per heavy atom. The molecule has 2 saturated carbocycles. The summed E-state index contributed by atoms with van der Waals surface area (Å²) in [6.45, 7) is 10.9. The van der Waals surface area contributed by atoms with E-state index in [0.717, 1.165) is 11.4 Å². The molecule has 1 saturated heterocycles. The average Bonchev–Trinajstić information content (AvgIpc) is 4.03. The SMILES string of the molecule is [2H]CC(C)(C)[C@H](Nc1cc(C)nc(C)c1)C(=O)N1C[C@H](Oc2ncc(OC)c3ccc(Cl)cc23)C[C@H]1C(=O)N[C@]1(C(=O)NS(=O)(=O)C2CC2)C[C@H]1C=C. The number of benzene rings is 1. The number of aromatic nitrogens is 2. The normalized spacial score (nSPS) is 23.7. The highest BCUT2D eigenvalue weighted by Crippen LogP contribution is 2.46. The number of methoxy groups -OCH3 is 1. The number of carbonyl (C=O) groups is 3. The Balaban J connectivity index is 1.34. The second-order valence-corrected chi connectivity index (χ2v) is 17.1. The van der Waals surface area contributed by atoms with Gasteiger partial charge in [0.25, 0.3) is 5.91 Å². The van der Waals surface area contributed by atoms with Crippen LogP contribution in [0.2, 0.25) is 5.02 Å². The van der Waals surface area contributed by atoms with Crippen LogP contribution < -0.4 is 24.8 Å². The fraction of sp³-hybridized carbons (Fsp3) is 0.486. The number of ether oxygens (including phenoxy) is 2. The van der Waals surface area contributed by atoms with Crippen LogP contribution >= 0.6 is 11.6 Å². The van der Waals surface area contributed by atoms with E-state index in [9.17, 15) is 22.8 Å². The molecule has 0 radical (unpaired) electrons. The molecule has 2 aromatic heterocycles. The first-order valence-corrected chi connectivity index (χ1v) is 19.1. The van der Waals surface area contributed by atoms with Crippen molar-refractivity contribution in [1.82, 2.24) is 24.9 Å². The summed E-state index contributed by atoms with van der Waals surface area (Å²) in [6, 6.07) is 6.71. The Hall–Kier alpha value is -4.43. The lowest BCUT2D eigenvalue weighted by atomic mass is 9.85. The van der Waals surface area contributed by atoms with Gasteiger partial charge in [0.2, 0.25) is 27.7 Å². The third-order valence-electron chi connectivity index (χ3n) is 9.79. The summed E-state index contributed by atoms with van der Waals surface area (Å²) in [7, 11) is -2.38. The van der Waals surface area contributed by atoms with E-state index in [1.165, 1.54) is 24.3 Å². The molecule has 3 heterocycles. The maximum Gasteiger partial charge on any atom is 0.259 e. The van der Waals surface area contributed by atoms with E-state index in [0.29, 0.717) is 40.1 Å². The zero-order valence-corrected chi connectivity index (χ0v) is 31.4. The molecule has 3 amide bonds. The first kappa shape index (κ1) is 36.0. The van der Waals surface area contributed by atoms with Gasteiger partial charge in [-0.25, -0.2) is 13.4 Å². The minimum atomic E-state index is -3.90. The Labute approximate surface area is 310 Å². The van der Waals surface area contributed by atoms with Crippen LogP contribution in [0.4, 0.5) is 5.69 Å². The number of hydrogen-bond acceptors (Lipinski definition) is 10. The van der Waals surface area contributed by atoms with Crippen molar-refractivity contribution >= 4 is 55.8 Å². The standard InChI is InChI=1S/C37H45ClN6O7S/c1-8-22-17-37(22,35(47)43-52(48,49)26-10-11-26)42-32(45)29-16-25(51-33-28-15-23(38)9-12-27(28)30(50-7)18-39-33)19-44(29)34(46)31(36(4,5)6)41-24-13-20(2)40-21(3)14-24/h8-9,12-15,18,22,25-26,29,31H,1,10-11,16-17,19H2,2-7H3,(H,40,41)(H,42,45)(H,43,47)/t22-,25-,29+,31-,37-/m1/s1/i4D. The van der Waals surface area contributed by atoms with Crippen LogP contribution in [0.25, 0.3) is 10.8 Å². The number of fused-ring (bicyclic) bond motifs is 1. The van der Waals surface area contributed by atoms with Gasteiger partial charge >= 0.3 is 0 Å². The van der Waals surface area contributed by atoms with Gasteiger partial charge in [-0.15, -0.1) is 6.58 Å². The third-order valence-corrected chi connectivity index (χ3v) is 11.8. The zero-order chi connectivity index (χ0) is 38.5. The lowest BCUT2D eigenvalue weighted by Crippen LogP contribution is -2.58. The molecule has 3 aromatic rings. The van der Waals surface area contributed by atoms with Crippen molar-refractivity contribution in [3.05, 3.63) is 65.6 Å². The number of pyridine rings is 2. The van der Waals surface area contributed by atoms with E-state index in [1.54, 1.807) is 44.2 Å². The quantitative estimate of drug-likeness (QED) is 0.225. The number of rotatable bonds is 12. The first-order valence-electron chi connectivity index (χ1n) is 17.8. The number of nitrogens with zero attached hydrogens (tertiary/aromatic N) is 3. The minimum absolute atomic E-state index is 0.0195. The van der Waals surface area contributed by atoms with Gasteiger partial charge in [-0.2, -0.15) is 0 Å². The third kappa shape index (κ3) is 7.54. The van der Waals surface area contributed by atoms with Crippen molar-refractivity contribution < 1.29 is 33.6 Å². The van der Waals surface area contributed by atoms with Crippen LogP contribution in [0.15, 0.2) is 49.2 Å². The van der Waals surface area contributed by atoms with E-state index >= 15 is 0 Å².